The summed E-state index contributed by atoms with van der Waals surface area (Å²) in [6, 6.07) is 3.18. The van der Waals surface area contributed by atoms with Crippen LogP contribution in [0.3, 0.4) is 0 Å². The maximum Gasteiger partial charge on any atom is 0.407 e. The number of aryl methyl sites for hydroxylation is 1. The topological polar surface area (TPSA) is 123 Å². The Morgan fingerprint density at radius 3 is 2.72 bits per heavy atom. The van der Waals surface area contributed by atoms with Gasteiger partial charge in [0.25, 0.3) is 5.69 Å². The van der Waals surface area contributed by atoms with Crippen molar-refractivity contribution in [2.24, 2.45) is 7.05 Å². The molecule has 2 aliphatic rings. The molecule has 11 nitrogen and oxygen atoms in total. The van der Waals surface area contributed by atoms with Gasteiger partial charge >= 0.3 is 18.6 Å². The van der Waals surface area contributed by atoms with E-state index < -0.39 is 36.4 Å². The summed E-state index contributed by atoms with van der Waals surface area (Å²) in [6.07, 6.45) is 1.07. The fourth-order valence-corrected chi connectivity index (χ4v) is 3.98. The first kappa shape index (κ1) is 26.0. The summed E-state index contributed by atoms with van der Waals surface area (Å²) in [4.78, 5) is 25.2. The van der Waals surface area contributed by atoms with Crippen LogP contribution < -0.4 is 15.3 Å². The number of aromatic nitrogens is 4. The Balaban J connectivity index is 1.44. The van der Waals surface area contributed by atoms with Crippen LogP contribution in [0, 0.1) is 0 Å². The number of ether oxygens (including phenoxy) is 3. The third-order valence-electron chi connectivity index (χ3n) is 6.15. The Kier molecular flexibility index (Phi) is 7.06. The number of aromatic amines is 1. The van der Waals surface area contributed by atoms with Crippen molar-refractivity contribution in [1.29, 1.82) is 0 Å². The molecule has 0 unspecified atom stereocenters. The molecule has 0 spiro atoms. The first-order valence-corrected chi connectivity index (χ1v) is 11.8. The Bertz CT molecular complexity index is 1120. The molecule has 2 amide bonds. The normalized spacial score (nSPS) is 21.0. The van der Waals surface area contributed by atoms with E-state index in [1.54, 1.807) is 17.8 Å². The molecule has 2 aromatic heterocycles. The summed E-state index contributed by atoms with van der Waals surface area (Å²) in [5, 5.41) is 13.2. The number of carbonyl (C=O) groups is 2. The second-order valence-electron chi connectivity index (χ2n) is 10.6. The van der Waals surface area contributed by atoms with Gasteiger partial charge in [-0.1, -0.05) is 0 Å². The van der Waals surface area contributed by atoms with Gasteiger partial charge in [-0.3, -0.25) is 4.79 Å². The predicted molar refractivity (Wildman–Crippen MR) is 122 cm³/mol. The highest BCUT2D eigenvalue weighted by molar-refractivity contribution is 6.01. The van der Waals surface area contributed by atoms with Crippen LogP contribution in [0.5, 0.6) is 0 Å². The summed E-state index contributed by atoms with van der Waals surface area (Å²) in [5.74, 6) is -0.00533. The minimum atomic E-state index is -2.91. The van der Waals surface area contributed by atoms with E-state index in [0.29, 0.717) is 23.6 Å². The van der Waals surface area contributed by atoms with E-state index in [0.717, 1.165) is 12.8 Å². The molecule has 2 atom stereocenters. The average Bonchev–Trinajstić information content (AvgIpc) is 3.15. The van der Waals surface area contributed by atoms with E-state index in [1.807, 2.05) is 27.7 Å². The number of amides is 2. The van der Waals surface area contributed by atoms with Gasteiger partial charge in [0.15, 0.2) is 7.05 Å². The zero-order valence-electron chi connectivity index (χ0n) is 21.1. The van der Waals surface area contributed by atoms with Gasteiger partial charge in [0.2, 0.25) is 0 Å². The molecule has 13 heteroatoms. The maximum atomic E-state index is 13.0. The molecule has 3 heterocycles. The average molecular weight is 512 g/mol. The number of nitrogens with one attached hydrogen (secondary N) is 3. The number of hydrogen-bond acceptors (Lipinski definition) is 6. The SMILES string of the molecule is C[n+]1[nH]c(COC(F)F)cc1C(=O)Nc1cc([C@H]2C[C@@H](OC(=O)NC3(C)CC3)CO2)nn1C(C)(C)C. The van der Waals surface area contributed by atoms with Crippen LogP contribution >= 0.6 is 0 Å². The molecule has 2 aromatic rings. The van der Waals surface area contributed by atoms with E-state index in [1.165, 1.54) is 10.7 Å². The Labute approximate surface area is 207 Å². The minimum Gasteiger partial charge on any atom is -0.444 e. The van der Waals surface area contributed by atoms with Crippen molar-refractivity contribution in [3.05, 3.63) is 29.2 Å². The molecule has 0 aromatic carbocycles. The second kappa shape index (κ2) is 9.77. The van der Waals surface area contributed by atoms with E-state index in [9.17, 15) is 18.4 Å². The highest BCUT2D eigenvalue weighted by Crippen LogP contribution is 2.35. The molecule has 0 bridgehead atoms. The highest BCUT2D eigenvalue weighted by Gasteiger charge is 2.40. The monoisotopic (exact) mass is 511 g/mol. The zero-order valence-corrected chi connectivity index (χ0v) is 21.1. The fraction of sp³-hybridized carbons (Fsp3) is 0.652. The predicted octanol–water partition coefficient (Wildman–Crippen LogP) is 2.89. The smallest absolute Gasteiger partial charge is 0.407 e. The maximum absolute atomic E-state index is 13.0. The lowest BCUT2D eigenvalue weighted by molar-refractivity contribution is -0.728. The number of halogens is 2. The van der Waals surface area contributed by atoms with Crippen molar-refractivity contribution in [2.45, 2.75) is 83.5 Å². The molecule has 1 saturated carbocycles. The molecule has 4 rings (SSSR count). The lowest BCUT2D eigenvalue weighted by Gasteiger charge is -2.22. The molecule has 2 fully saturated rings. The zero-order chi connectivity index (χ0) is 26.3. The Hall–Kier alpha value is -3.06. The van der Waals surface area contributed by atoms with Crippen LogP contribution in [0.1, 0.15) is 74.9 Å². The second-order valence-corrected chi connectivity index (χ2v) is 10.6. The minimum absolute atomic E-state index is 0.165. The lowest BCUT2D eigenvalue weighted by Crippen LogP contribution is -2.39. The third kappa shape index (κ3) is 6.19. The quantitative estimate of drug-likeness (QED) is 0.469. The number of carbonyl (C=O) groups excluding carboxylic acids is 2. The van der Waals surface area contributed by atoms with Crippen molar-refractivity contribution < 1.29 is 37.3 Å². The fourth-order valence-electron chi connectivity index (χ4n) is 3.98. The van der Waals surface area contributed by atoms with Gasteiger partial charge in [-0.2, -0.15) is 19.0 Å². The van der Waals surface area contributed by atoms with Crippen molar-refractivity contribution in [2.75, 3.05) is 11.9 Å². The molecule has 1 aliphatic heterocycles. The number of H-pyrrole nitrogens is 1. The molecule has 198 valence electrons. The van der Waals surface area contributed by atoms with Gasteiger partial charge in [0.1, 0.15) is 23.7 Å². The summed E-state index contributed by atoms with van der Waals surface area (Å²) >= 11 is 0. The van der Waals surface area contributed by atoms with Crippen LogP contribution in [-0.4, -0.2) is 51.7 Å². The molecule has 1 saturated heterocycles. The van der Waals surface area contributed by atoms with E-state index in [2.05, 4.69) is 25.6 Å². The van der Waals surface area contributed by atoms with Crippen LogP contribution in [0.15, 0.2) is 12.1 Å². The van der Waals surface area contributed by atoms with Gasteiger partial charge in [0, 0.05) is 24.1 Å². The van der Waals surface area contributed by atoms with Crippen LogP contribution in [0.2, 0.25) is 0 Å². The number of nitrogens with zero attached hydrogens (tertiary/aromatic N) is 3. The first-order valence-electron chi connectivity index (χ1n) is 11.8. The van der Waals surface area contributed by atoms with E-state index >= 15 is 0 Å². The molecule has 0 radical (unpaired) electrons. The molecular weight excluding hydrogens is 478 g/mol. The summed E-state index contributed by atoms with van der Waals surface area (Å²) in [5.41, 5.74) is 0.530. The summed E-state index contributed by atoms with van der Waals surface area (Å²) in [6.45, 7) is 4.79. The van der Waals surface area contributed by atoms with Crippen molar-refractivity contribution >= 4 is 17.8 Å². The standard InChI is InChI=1S/C23H32F2N6O5/c1-22(2,3)31-18(26-19(32)16-8-13(28-30(16)5)11-35-20(24)25)10-15(29-31)17-9-14(12-34-17)36-21(33)27-23(4)6-7-23/h8,10,14,17,20H,6-7,9,11-12H2,1-5H3,(H2,26,27,29,32,33)/p+1/t14-,17-/m1/s1. The summed E-state index contributed by atoms with van der Waals surface area (Å²) in [7, 11) is 1.60. The largest absolute Gasteiger partial charge is 0.444 e. The summed E-state index contributed by atoms with van der Waals surface area (Å²) < 4.78 is 43.5. The van der Waals surface area contributed by atoms with E-state index in [-0.39, 0.29) is 24.4 Å². The van der Waals surface area contributed by atoms with Gasteiger partial charge in [0.05, 0.1) is 24.4 Å². The van der Waals surface area contributed by atoms with Crippen LogP contribution in [0.4, 0.5) is 19.4 Å². The number of alkyl carbamates (subject to hydrolysis) is 1. The van der Waals surface area contributed by atoms with Crippen molar-refractivity contribution in [1.82, 2.24) is 20.2 Å². The molecule has 36 heavy (non-hydrogen) atoms. The molecular formula is C23H33F2N6O5+. The highest BCUT2D eigenvalue weighted by atomic mass is 19.3. The van der Waals surface area contributed by atoms with Gasteiger partial charge in [-0.15, -0.1) is 4.68 Å². The Morgan fingerprint density at radius 1 is 1.36 bits per heavy atom. The van der Waals surface area contributed by atoms with E-state index in [4.69, 9.17) is 9.47 Å². The number of alkyl halides is 2. The number of hydrogen-bond donors (Lipinski definition) is 3. The van der Waals surface area contributed by atoms with Gasteiger partial charge < -0.3 is 24.8 Å². The Morgan fingerprint density at radius 2 is 2.08 bits per heavy atom. The molecule has 3 N–H and O–H groups in total. The first-order chi connectivity index (χ1) is 16.8. The number of anilines is 1. The molecule has 1 aliphatic carbocycles. The van der Waals surface area contributed by atoms with Gasteiger partial charge in [-0.25, -0.2) is 9.48 Å². The van der Waals surface area contributed by atoms with Crippen molar-refractivity contribution in [3.8, 4) is 0 Å². The van der Waals surface area contributed by atoms with Crippen LogP contribution in [-0.2, 0) is 33.4 Å². The van der Waals surface area contributed by atoms with Crippen molar-refractivity contribution in [3.63, 3.8) is 0 Å². The third-order valence-corrected chi connectivity index (χ3v) is 6.15. The van der Waals surface area contributed by atoms with Gasteiger partial charge in [-0.05, 0) is 40.5 Å². The lowest BCUT2D eigenvalue weighted by atomic mass is 10.1. The number of rotatable bonds is 8. The van der Waals surface area contributed by atoms with Crippen LogP contribution in [0.25, 0.3) is 0 Å².